The minimum Gasteiger partial charge on any atom is -0.129 e. The zero-order valence-corrected chi connectivity index (χ0v) is 13.7. The Bertz CT molecular complexity index is 952. The summed E-state index contributed by atoms with van der Waals surface area (Å²) in [4.78, 5) is 20.1. The third kappa shape index (κ3) is 1.00. The molecule has 8 aliphatic rings. The molecule has 1 spiro atoms. The second kappa shape index (κ2) is 3.36. The quantitative estimate of drug-likeness (QED) is 0.564. The van der Waals surface area contributed by atoms with Crippen molar-refractivity contribution in [2.45, 2.75) is 57.3 Å². The van der Waals surface area contributed by atoms with Crippen LogP contribution in [-0.4, -0.2) is 70.9 Å². The lowest BCUT2D eigenvalue weighted by Crippen LogP contribution is -2.76. The molecule has 120 valence electrons. The summed E-state index contributed by atoms with van der Waals surface area (Å²) in [5.41, 5.74) is 0. The molecule has 8 aliphatic heterocycles. The molecule has 8 rings (SSSR count). The number of hydrogen-bond acceptors (Lipinski definition) is 4. The average Bonchev–Trinajstić information content (AvgIpc) is 3.38. The molecular weight excluding hydrogens is 316 g/mol. The summed E-state index contributed by atoms with van der Waals surface area (Å²) in [6.07, 6.45) is 7.86. The van der Waals surface area contributed by atoms with Crippen molar-refractivity contribution in [2.24, 2.45) is 20.0 Å². The normalized spacial score (nSPS) is 31.4. The molecule has 0 unspecified atom stereocenters. The molecule has 0 fully saturated rings. The lowest BCUT2D eigenvalue weighted by molar-refractivity contribution is -1.07. The molecule has 0 N–H and O–H groups in total. The van der Waals surface area contributed by atoms with Gasteiger partial charge in [0.1, 0.15) is 0 Å². The molecule has 8 nitrogen and oxygen atoms in total. The van der Waals surface area contributed by atoms with Gasteiger partial charge in [-0.2, -0.15) is 0 Å². The highest BCUT2D eigenvalue weighted by molar-refractivity contribution is 6.12. The third-order valence-corrected chi connectivity index (χ3v) is 6.59. The van der Waals surface area contributed by atoms with Crippen LogP contribution in [0, 0.1) is 0 Å². The Kier molecular flexibility index (Phi) is 1.59. The van der Waals surface area contributed by atoms with Crippen molar-refractivity contribution in [3.8, 4) is 0 Å². The minimum atomic E-state index is -0.433. The van der Waals surface area contributed by atoms with Crippen LogP contribution >= 0.6 is 0 Å². The first-order chi connectivity index (χ1) is 12.4. The van der Waals surface area contributed by atoms with Crippen LogP contribution in [0.3, 0.4) is 0 Å². The van der Waals surface area contributed by atoms with Crippen molar-refractivity contribution in [3.05, 3.63) is 0 Å². The smallest absolute Gasteiger partial charge is 0.129 e. The summed E-state index contributed by atoms with van der Waals surface area (Å²) in [5.74, 6) is 8.94. The Morgan fingerprint density at radius 1 is 0.440 bits per heavy atom. The largest absolute Gasteiger partial charge is 0.488 e. The zero-order valence-electron chi connectivity index (χ0n) is 13.7. The van der Waals surface area contributed by atoms with Crippen LogP contribution in [0.2, 0.25) is 0 Å². The van der Waals surface area contributed by atoms with E-state index < -0.39 is 5.91 Å². The molecule has 0 saturated heterocycles. The number of nitrogens with zero attached hydrogens (tertiary/aromatic N) is 8. The van der Waals surface area contributed by atoms with Crippen LogP contribution in [0.4, 0.5) is 0 Å². The molecule has 0 aliphatic carbocycles. The Morgan fingerprint density at radius 2 is 0.720 bits per heavy atom. The van der Waals surface area contributed by atoms with Gasteiger partial charge >= 0.3 is 5.91 Å². The SMILES string of the molecule is C1CC2=[N+]3C1=NC1=[N+]4C(=NC5=[N+]6C(=NC7=[N+](C(=N2)CC7)C346)CC5)CC1. The number of hydrogen-bond donors (Lipinski definition) is 0. The van der Waals surface area contributed by atoms with E-state index >= 15 is 0 Å². The highest BCUT2D eigenvalue weighted by Gasteiger charge is 2.75. The monoisotopic (exact) mass is 332 g/mol. The molecule has 0 amide bonds. The molecule has 0 bridgehead atoms. The van der Waals surface area contributed by atoms with Crippen molar-refractivity contribution >= 4 is 46.7 Å². The van der Waals surface area contributed by atoms with Crippen LogP contribution in [0.25, 0.3) is 0 Å². The Balaban J connectivity index is 1.65. The van der Waals surface area contributed by atoms with E-state index in [1.807, 2.05) is 0 Å². The highest BCUT2D eigenvalue weighted by atomic mass is 15.7. The fourth-order valence-corrected chi connectivity index (χ4v) is 5.81. The van der Waals surface area contributed by atoms with Gasteiger partial charge in [-0.25, -0.2) is 0 Å². The molecule has 0 atom stereocenters. The Morgan fingerprint density at radius 3 is 1.00 bits per heavy atom. The fraction of sp³-hybridized carbons (Fsp3) is 0.529. The van der Waals surface area contributed by atoms with Crippen LogP contribution in [0.1, 0.15) is 51.4 Å². The van der Waals surface area contributed by atoms with E-state index in [-0.39, 0.29) is 0 Å². The lowest BCUT2D eigenvalue weighted by Gasteiger charge is -2.38. The predicted molar refractivity (Wildman–Crippen MR) is 90.5 cm³/mol. The number of aliphatic imine (C=N–C) groups is 4. The van der Waals surface area contributed by atoms with E-state index in [4.69, 9.17) is 20.0 Å². The average molecular weight is 332 g/mol. The third-order valence-electron chi connectivity index (χ3n) is 6.59. The van der Waals surface area contributed by atoms with Crippen molar-refractivity contribution in [3.63, 3.8) is 0 Å². The van der Waals surface area contributed by atoms with Gasteiger partial charge in [-0.3, -0.25) is 0 Å². The topological polar surface area (TPSA) is 61.5 Å². The van der Waals surface area contributed by atoms with Crippen molar-refractivity contribution in [1.82, 2.24) is 0 Å². The summed E-state index contributed by atoms with van der Waals surface area (Å²) < 4.78 is 9.63. The van der Waals surface area contributed by atoms with Gasteiger partial charge in [-0.1, -0.05) is 20.0 Å². The molecular formula is C17H16N8+4. The molecule has 0 aromatic carbocycles. The first kappa shape index (κ1) is 11.8. The fourth-order valence-electron chi connectivity index (χ4n) is 5.81. The first-order valence-corrected chi connectivity index (χ1v) is 9.30. The first-order valence-electron chi connectivity index (χ1n) is 9.30. The Hall–Kier alpha value is -2.64. The van der Waals surface area contributed by atoms with Gasteiger partial charge in [0.25, 0.3) is 46.7 Å². The van der Waals surface area contributed by atoms with E-state index in [0.29, 0.717) is 0 Å². The van der Waals surface area contributed by atoms with E-state index in [2.05, 4.69) is 18.3 Å². The second-order valence-electron chi connectivity index (χ2n) is 7.72. The highest BCUT2D eigenvalue weighted by Crippen LogP contribution is 2.42. The molecule has 0 saturated carbocycles. The van der Waals surface area contributed by atoms with E-state index in [1.165, 1.54) is 46.7 Å². The van der Waals surface area contributed by atoms with E-state index in [1.54, 1.807) is 0 Å². The maximum atomic E-state index is 5.04. The van der Waals surface area contributed by atoms with Gasteiger partial charge in [0.15, 0.2) is 0 Å². The van der Waals surface area contributed by atoms with Crippen LogP contribution < -0.4 is 0 Å². The summed E-state index contributed by atoms with van der Waals surface area (Å²) in [6.45, 7) is 0. The standard InChI is InChI=1S/C17H16N8/c1-2-10-19-12-5-6-14-21-16-8-7-15-20-13-4-3-11-18-9(1)22(10)17(23(11)13,24(12)14)25(15)16/h1-8H2/q+4. The maximum Gasteiger partial charge on any atom is 0.488 e. The summed E-state index contributed by atoms with van der Waals surface area (Å²) in [7, 11) is 0. The van der Waals surface area contributed by atoms with Crippen LogP contribution in [0.5, 0.6) is 0 Å². The molecule has 8 heteroatoms. The maximum absolute atomic E-state index is 5.04. The molecule has 0 radical (unpaired) electrons. The van der Waals surface area contributed by atoms with Gasteiger partial charge in [0.2, 0.25) is 0 Å². The van der Waals surface area contributed by atoms with Crippen molar-refractivity contribution < 1.29 is 18.3 Å². The van der Waals surface area contributed by atoms with Crippen molar-refractivity contribution in [2.75, 3.05) is 0 Å². The van der Waals surface area contributed by atoms with Gasteiger partial charge in [-0.15, -0.1) is 18.3 Å². The lowest BCUT2D eigenvalue weighted by atomic mass is 10.3. The van der Waals surface area contributed by atoms with Crippen LogP contribution in [0.15, 0.2) is 20.0 Å². The van der Waals surface area contributed by atoms with E-state index in [0.717, 1.165) is 51.4 Å². The molecule has 0 aromatic rings. The summed E-state index contributed by atoms with van der Waals surface area (Å²) in [6, 6.07) is 0. The van der Waals surface area contributed by atoms with Gasteiger partial charge < -0.3 is 0 Å². The molecule has 8 heterocycles. The van der Waals surface area contributed by atoms with Gasteiger partial charge in [0, 0.05) is 51.4 Å². The zero-order chi connectivity index (χ0) is 15.9. The van der Waals surface area contributed by atoms with Gasteiger partial charge in [0.05, 0.1) is 0 Å². The summed E-state index contributed by atoms with van der Waals surface area (Å²) in [5, 5.41) is 0. The van der Waals surface area contributed by atoms with E-state index in [9.17, 15) is 0 Å². The second-order valence-corrected chi connectivity index (χ2v) is 7.72. The van der Waals surface area contributed by atoms with Crippen molar-refractivity contribution in [1.29, 1.82) is 0 Å². The Labute approximate surface area is 143 Å². The number of rotatable bonds is 0. The van der Waals surface area contributed by atoms with Crippen LogP contribution in [-0.2, 0) is 0 Å². The predicted octanol–water partition coefficient (Wildman–Crippen LogP) is 0.0653. The minimum absolute atomic E-state index is 0.433. The number of amidine groups is 8. The summed E-state index contributed by atoms with van der Waals surface area (Å²) >= 11 is 0. The molecule has 0 aromatic heterocycles. The molecule has 25 heavy (non-hydrogen) atoms. The van der Waals surface area contributed by atoms with Gasteiger partial charge in [-0.05, 0) is 0 Å².